The number of aliphatic hydroxyl groups excluding tert-OH is 1. The normalized spacial score (nSPS) is 12.8. The molecule has 8 nitrogen and oxygen atoms in total. The zero-order valence-corrected chi connectivity index (χ0v) is 20.2. The van der Waals surface area contributed by atoms with E-state index in [1.807, 2.05) is 0 Å². The van der Waals surface area contributed by atoms with Crippen molar-refractivity contribution in [3.8, 4) is 0 Å². The first kappa shape index (κ1) is 30.5. The number of unbranched alkanes of at least 4 members (excludes halogenated alkanes) is 15. The van der Waals surface area contributed by atoms with Crippen molar-refractivity contribution in [2.75, 3.05) is 19.8 Å². The molecule has 0 aliphatic carbocycles. The molecule has 0 radical (unpaired) electrons. The second kappa shape index (κ2) is 21.4. The molecule has 0 aromatic carbocycles. The van der Waals surface area contributed by atoms with Gasteiger partial charge in [-0.3, -0.25) is 4.89 Å². The van der Waals surface area contributed by atoms with E-state index in [1.54, 1.807) is 0 Å². The second-order valence-corrected chi connectivity index (χ2v) is 9.66. The molecule has 186 valence electrons. The fourth-order valence-corrected chi connectivity index (χ4v) is 3.38. The van der Waals surface area contributed by atoms with Crippen LogP contribution in [0.1, 0.15) is 110 Å². The average Bonchev–Trinajstić information content (AvgIpc) is 2.72. The quantitative estimate of drug-likeness (QED) is 0.0736. The lowest BCUT2D eigenvalue weighted by Gasteiger charge is -2.11. The van der Waals surface area contributed by atoms with Crippen molar-refractivity contribution < 1.29 is 38.8 Å². The molecule has 0 unspecified atom stereocenters. The Labute approximate surface area is 188 Å². The monoisotopic (exact) mass is 468 g/mol. The van der Waals surface area contributed by atoms with E-state index in [1.165, 1.54) is 89.9 Å². The largest absolute Gasteiger partial charge is 0.452 e. The molecule has 1 atom stereocenters. The third-order valence-corrected chi connectivity index (χ3v) is 5.63. The van der Waals surface area contributed by atoms with Crippen molar-refractivity contribution in [3.05, 3.63) is 0 Å². The van der Waals surface area contributed by atoms with Crippen molar-refractivity contribution in [1.82, 2.24) is 0 Å². The molecule has 0 aliphatic heterocycles. The standard InChI is InChI=1S/C22H45O8P/c1-2-3-4-5-6-7-8-9-10-11-12-13-14-15-16-17-18-28-19-21(23)20-29-30-22(24)31(25,26)27/h21,23H,2-20H2,1H3,(H2,25,26,27)/t21-/m1/s1. The minimum absolute atomic E-state index is 0.00615. The van der Waals surface area contributed by atoms with Gasteiger partial charge in [-0.05, 0) is 6.42 Å². The summed E-state index contributed by atoms with van der Waals surface area (Å²) in [4.78, 5) is 35.9. The summed E-state index contributed by atoms with van der Waals surface area (Å²) in [6.07, 6.45) is 19.8. The Bertz CT molecular complexity index is 455. The maximum Gasteiger partial charge on any atom is 0.452 e. The van der Waals surface area contributed by atoms with Gasteiger partial charge in [-0.1, -0.05) is 103 Å². The molecule has 0 aromatic heterocycles. The van der Waals surface area contributed by atoms with Crippen LogP contribution in [0.3, 0.4) is 0 Å². The number of rotatable bonds is 23. The first-order chi connectivity index (χ1) is 14.9. The highest BCUT2D eigenvalue weighted by Gasteiger charge is 2.29. The molecule has 0 aliphatic rings. The van der Waals surface area contributed by atoms with Crippen LogP contribution < -0.4 is 0 Å². The zero-order valence-electron chi connectivity index (χ0n) is 19.3. The first-order valence-corrected chi connectivity index (χ1v) is 13.6. The van der Waals surface area contributed by atoms with E-state index < -0.39 is 26.0 Å². The summed E-state index contributed by atoms with van der Waals surface area (Å²) in [6, 6.07) is 0. The van der Waals surface area contributed by atoms with E-state index in [2.05, 4.69) is 16.7 Å². The summed E-state index contributed by atoms with van der Waals surface area (Å²) in [6.45, 7) is 2.38. The summed E-state index contributed by atoms with van der Waals surface area (Å²) < 4.78 is 15.8. The van der Waals surface area contributed by atoms with Crippen LogP contribution in [0.15, 0.2) is 0 Å². The average molecular weight is 469 g/mol. The lowest BCUT2D eigenvalue weighted by atomic mass is 10.0. The van der Waals surface area contributed by atoms with E-state index in [9.17, 15) is 14.5 Å². The SMILES string of the molecule is CCCCCCCCCCCCCCCCCCOC[C@@H](O)COOC(=O)P(=O)(O)O. The predicted molar refractivity (Wildman–Crippen MR) is 121 cm³/mol. The summed E-state index contributed by atoms with van der Waals surface area (Å²) >= 11 is 0. The zero-order chi connectivity index (χ0) is 23.2. The number of hydrogen-bond donors (Lipinski definition) is 3. The summed E-state index contributed by atoms with van der Waals surface area (Å²) in [5, 5.41) is 9.56. The lowest BCUT2D eigenvalue weighted by molar-refractivity contribution is -0.249. The van der Waals surface area contributed by atoms with Crippen molar-refractivity contribution in [1.29, 1.82) is 0 Å². The molecular formula is C22H45O8P. The molecule has 0 heterocycles. The van der Waals surface area contributed by atoms with Gasteiger partial charge < -0.3 is 19.6 Å². The highest BCUT2D eigenvalue weighted by molar-refractivity contribution is 7.69. The van der Waals surface area contributed by atoms with E-state index in [-0.39, 0.29) is 6.61 Å². The smallest absolute Gasteiger partial charge is 0.388 e. The van der Waals surface area contributed by atoms with Gasteiger partial charge in [0.25, 0.3) is 0 Å². The van der Waals surface area contributed by atoms with Gasteiger partial charge in [0.05, 0.1) is 6.61 Å². The van der Waals surface area contributed by atoms with Gasteiger partial charge in [0.2, 0.25) is 0 Å². The van der Waals surface area contributed by atoms with Crippen molar-refractivity contribution >= 4 is 13.3 Å². The minimum atomic E-state index is -4.97. The first-order valence-electron chi connectivity index (χ1n) is 12.0. The van der Waals surface area contributed by atoms with Crippen LogP contribution in [-0.4, -0.2) is 46.5 Å². The molecule has 0 saturated heterocycles. The van der Waals surface area contributed by atoms with Crippen LogP contribution in [0.2, 0.25) is 0 Å². The minimum Gasteiger partial charge on any atom is -0.388 e. The third kappa shape index (κ3) is 22.5. The van der Waals surface area contributed by atoms with Gasteiger partial charge in [0.1, 0.15) is 12.7 Å². The fraction of sp³-hybridized carbons (Fsp3) is 0.955. The maximum atomic E-state index is 10.8. The maximum absolute atomic E-state index is 10.8. The molecule has 0 spiro atoms. The predicted octanol–water partition coefficient (Wildman–Crippen LogP) is 5.87. The number of carbonyl (C=O) groups excluding carboxylic acids is 1. The van der Waals surface area contributed by atoms with Crippen molar-refractivity contribution in [2.45, 2.75) is 116 Å². The van der Waals surface area contributed by atoms with Gasteiger partial charge in [-0.25, -0.2) is 9.36 Å². The van der Waals surface area contributed by atoms with Crippen LogP contribution in [0, 0.1) is 0 Å². The molecule has 31 heavy (non-hydrogen) atoms. The number of hydrogen-bond acceptors (Lipinski definition) is 6. The fourth-order valence-electron chi connectivity index (χ4n) is 3.23. The van der Waals surface area contributed by atoms with Crippen LogP contribution >= 0.6 is 7.60 Å². The molecule has 0 saturated carbocycles. The Balaban J connectivity index is 3.23. The highest BCUT2D eigenvalue weighted by atomic mass is 31.2. The Morgan fingerprint density at radius 1 is 0.742 bits per heavy atom. The number of ether oxygens (including phenoxy) is 1. The number of aliphatic hydroxyl groups is 1. The van der Waals surface area contributed by atoms with E-state index in [4.69, 9.17) is 14.5 Å². The van der Waals surface area contributed by atoms with Crippen LogP contribution in [0.25, 0.3) is 0 Å². The highest BCUT2D eigenvalue weighted by Crippen LogP contribution is 2.36. The van der Waals surface area contributed by atoms with Gasteiger partial charge >= 0.3 is 13.3 Å². The molecule has 0 rings (SSSR count). The summed E-state index contributed by atoms with van der Waals surface area (Å²) in [5.74, 6) is 0. The van der Waals surface area contributed by atoms with Crippen molar-refractivity contribution in [2.24, 2.45) is 0 Å². The van der Waals surface area contributed by atoms with E-state index in [0.29, 0.717) is 6.61 Å². The molecular weight excluding hydrogens is 423 g/mol. The van der Waals surface area contributed by atoms with Crippen LogP contribution in [0.5, 0.6) is 0 Å². The Kier molecular flexibility index (Phi) is 21.0. The lowest BCUT2D eigenvalue weighted by Crippen LogP contribution is -2.23. The van der Waals surface area contributed by atoms with Gasteiger partial charge in [0.15, 0.2) is 0 Å². The molecule has 9 heteroatoms. The van der Waals surface area contributed by atoms with Crippen LogP contribution in [0.4, 0.5) is 4.79 Å². The van der Waals surface area contributed by atoms with E-state index in [0.717, 1.165) is 12.8 Å². The Hall–Kier alpha value is -0.500. The van der Waals surface area contributed by atoms with Crippen LogP contribution in [-0.2, 0) is 19.1 Å². The third-order valence-electron chi connectivity index (χ3n) is 5.08. The van der Waals surface area contributed by atoms with Crippen molar-refractivity contribution in [3.63, 3.8) is 0 Å². The number of carbonyl (C=O) groups is 1. The van der Waals surface area contributed by atoms with Gasteiger partial charge in [-0.2, -0.15) is 4.89 Å². The molecule has 0 aromatic rings. The topological polar surface area (TPSA) is 123 Å². The Morgan fingerprint density at radius 2 is 1.16 bits per heavy atom. The molecule has 3 N–H and O–H groups in total. The van der Waals surface area contributed by atoms with E-state index >= 15 is 0 Å². The van der Waals surface area contributed by atoms with Gasteiger partial charge in [-0.15, -0.1) is 0 Å². The molecule has 0 amide bonds. The van der Waals surface area contributed by atoms with Gasteiger partial charge in [0, 0.05) is 6.61 Å². The summed E-state index contributed by atoms with van der Waals surface area (Å²) in [5.41, 5.74) is -1.78. The molecule has 0 bridgehead atoms. The second-order valence-electron chi connectivity index (χ2n) is 8.21. The molecule has 0 fully saturated rings. The summed E-state index contributed by atoms with van der Waals surface area (Å²) in [7, 11) is -4.97. The Morgan fingerprint density at radius 3 is 1.58 bits per heavy atom.